The van der Waals surface area contributed by atoms with Crippen LogP contribution in [-0.4, -0.2) is 29.2 Å². The number of benzene rings is 1. The third-order valence-electron chi connectivity index (χ3n) is 4.91. The van der Waals surface area contributed by atoms with Crippen molar-refractivity contribution in [2.45, 2.75) is 52.2 Å². The van der Waals surface area contributed by atoms with Crippen molar-refractivity contribution in [3.05, 3.63) is 51.9 Å². The van der Waals surface area contributed by atoms with Crippen LogP contribution in [0.15, 0.2) is 28.8 Å². The first-order valence-corrected chi connectivity index (χ1v) is 9.06. The van der Waals surface area contributed by atoms with Gasteiger partial charge in [-0.05, 0) is 64.4 Å². The summed E-state index contributed by atoms with van der Waals surface area (Å²) >= 11 is 5.95. The zero-order valence-corrected chi connectivity index (χ0v) is 15.4. The molecule has 5 heteroatoms. The first-order chi connectivity index (χ1) is 11.5. The summed E-state index contributed by atoms with van der Waals surface area (Å²) in [6.07, 6.45) is 2.34. The molecule has 0 spiro atoms. The molecule has 130 valence electrons. The molecule has 1 atom stereocenters. The fourth-order valence-electron chi connectivity index (χ4n) is 3.65. The van der Waals surface area contributed by atoms with Crippen LogP contribution in [0.1, 0.15) is 48.4 Å². The Morgan fingerprint density at radius 2 is 1.92 bits per heavy atom. The molecule has 0 saturated carbocycles. The van der Waals surface area contributed by atoms with Gasteiger partial charge in [-0.25, -0.2) is 0 Å². The molecule has 4 nitrogen and oxygen atoms in total. The number of piperidine rings is 1. The van der Waals surface area contributed by atoms with Crippen molar-refractivity contribution >= 4 is 11.6 Å². The largest absolute Gasteiger partial charge is 0.361 e. The molecule has 2 aromatic rings. The first-order valence-electron chi connectivity index (χ1n) is 8.68. The third-order valence-corrected chi connectivity index (χ3v) is 5.17. The molecule has 1 saturated heterocycles. The SMILES string of the molecule is Cc1noc(C)c1[C@H](C)NC1CCN(Cc2ccc(Cl)cc2)CC1. The smallest absolute Gasteiger partial charge is 0.138 e. The van der Waals surface area contributed by atoms with E-state index in [9.17, 15) is 0 Å². The number of rotatable bonds is 5. The van der Waals surface area contributed by atoms with E-state index in [1.165, 1.54) is 24.0 Å². The maximum Gasteiger partial charge on any atom is 0.138 e. The molecule has 1 N–H and O–H groups in total. The molecular weight excluding hydrogens is 322 g/mol. The Labute approximate surface area is 149 Å². The Hall–Kier alpha value is -1.36. The molecule has 0 radical (unpaired) electrons. The van der Waals surface area contributed by atoms with Crippen molar-refractivity contribution in [3.8, 4) is 0 Å². The number of likely N-dealkylation sites (tertiary alicyclic amines) is 1. The summed E-state index contributed by atoms with van der Waals surface area (Å²) in [5.74, 6) is 0.924. The summed E-state index contributed by atoms with van der Waals surface area (Å²) in [7, 11) is 0. The molecule has 0 amide bonds. The van der Waals surface area contributed by atoms with Gasteiger partial charge in [0.2, 0.25) is 0 Å². The Morgan fingerprint density at radius 3 is 2.50 bits per heavy atom. The van der Waals surface area contributed by atoms with Gasteiger partial charge < -0.3 is 9.84 Å². The molecule has 1 aromatic carbocycles. The Kier molecular flexibility index (Phi) is 5.59. The summed E-state index contributed by atoms with van der Waals surface area (Å²) in [6.45, 7) is 9.44. The highest BCUT2D eigenvalue weighted by molar-refractivity contribution is 6.30. The average Bonchev–Trinajstić information content (AvgIpc) is 2.90. The van der Waals surface area contributed by atoms with Gasteiger partial charge in [0.1, 0.15) is 5.76 Å². The van der Waals surface area contributed by atoms with E-state index in [0.717, 1.165) is 36.1 Å². The molecule has 0 unspecified atom stereocenters. The number of hydrogen-bond acceptors (Lipinski definition) is 4. The van der Waals surface area contributed by atoms with Gasteiger partial charge in [0.15, 0.2) is 0 Å². The summed E-state index contributed by atoms with van der Waals surface area (Å²) in [6, 6.07) is 9.00. The number of hydrogen-bond donors (Lipinski definition) is 1. The van der Waals surface area contributed by atoms with Crippen molar-refractivity contribution in [2.24, 2.45) is 0 Å². The van der Waals surface area contributed by atoms with Crippen molar-refractivity contribution in [1.82, 2.24) is 15.4 Å². The van der Waals surface area contributed by atoms with Crippen molar-refractivity contribution in [1.29, 1.82) is 0 Å². The third kappa shape index (κ3) is 4.18. The maximum absolute atomic E-state index is 5.95. The van der Waals surface area contributed by atoms with E-state index in [4.69, 9.17) is 16.1 Å². The standard InChI is InChI=1S/C19H26ClN3O/c1-13(19-14(2)22-24-15(19)3)21-18-8-10-23(11-9-18)12-16-4-6-17(20)7-5-16/h4-7,13,18,21H,8-12H2,1-3H3/t13-/m0/s1. The summed E-state index contributed by atoms with van der Waals surface area (Å²) in [5.41, 5.74) is 3.53. The lowest BCUT2D eigenvalue weighted by Crippen LogP contribution is -2.43. The molecule has 0 aliphatic carbocycles. The number of nitrogens with zero attached hydrogens (tertiary/aromatic N) is 2. The van der Waals surface area contributed by atoms with E-state index in [-0.39, 0.29) is 6.04 Å². The lowest BCUT2D eigenvalue weighted by molar-refractivity contribution is 0.185. The van der Waals surface area contributed by atoms with Crippen LogP contribution < -0.4 is 5.32 Å². The van der Waals surface area contributed by atoms with E-state index in [1.54, 1.807) is 0 Å². The second kappa shape index (κ2) is 7.68. The minimum Gasteiger partial charge on any atom is -0.361 e. The Balaban J connectivity index is 1.49. The molecule has 1 aromatic heterocycles. The number of nitrogens with one attached hydrogen (secondary N) is 1. The topological polar surface area (TPSA) is 41.3 Å². The van der Waals surface area contributed by atoms with Crippen LogP contribution in [0.4, 0.5) is 0 Å². The molecule has 1 aliphatic heterocycles. The van der Waals surface area contributed by atoms with E-state index in [2.05, 4.69) is 34.4 Å². The van der Waals surface area contributed by atoms with Crippen LogP contribution in [0.25, 0.3) is 0 Å². The second-order valence-electron chi connectivity index (χ2n) is 6.80. The van der Waals surface area contributed by atoms with Crippen LogP contribution in [0.2, 0.25) is 5.02 Å². The first kappa shape index (κ1) is 17.5. The monoisotopic (exact) mass is 347 g/mol. The summed E-state index contributed by atoms with van der Waals surface area (Å²) < 4.78 is 5.29. The minimum atomic E-state index is 0.282. The number of aromatic nitrogens is 1. The van der Waals surface area contributed by atoms with Crippen LogP contribution in [0.5, 0.6) is 0 Å². The van der Waals surface area contributed by atoms with Gasteiger partial charge in [-0.3, -0.25) is 4.90 Å². The lowest BCUT2D eigenvalue weighted by atomic mass is 10.0. The minimum absolute atomic E-state index is 0.282. The van der Waals surface area contributed by atoms with Gasteiger partial charge in [0, 0.05) is 29.2 Å². The second-order valence-corrected chi connectivity index (χ2v) is 7.24. The highest BCUT2D eigenvalue weighted by Crippen LogP contribution is 2.23. The fraction of sp³-hybridized carbons (Fsp3) is 0.526. The predicted octanol–water partition coefficient (Wildman–Crippen LogP) is 4.26. The highest BCUT2D eigenvalue weighted by atomic mass is 35.5. The molecule has 24 heavy (non-hydrogen) atoms. The normalized spacial score (nSPS) is 18.0. The summed E-state index contributed by atoms with van der Waals surface area (Å²) in [5, 5.41) is 8.61. The predicted molar refractivity (Wildman–Crippen MR) is 97.3 cm³/mol. The fourth-order valence-corrected chi connectivity index (χ4v) is 3.78. The van der Waals surface area contributed by atoms with Gasteiger partial charge in [-0.2, -0.15) is 0 Å². The molecule has 0 bridgehead atoms. The molecular formula is C19H26ClN3O. The van der Waals surface area contributed by atoms with Crippen LogP contribution >= 0.6 is 11.6 Å². The van der Waals surface area contributed by atoms with E-state index in [1.807, 2.05) is 26.0 Å². The Morgan fingerprint density at radius 1 is 1.25 bits per heavy atom. The van der Waals surface area contributed by atoms with E-state index >= 15 is 0 Å². The van der Waals surface area contributed by atoms with E-state index < -0.39 is 0 Å². The maximum atomic E-state index is 5.95. The highest BCUT2D eigenvalue weighted by Gasteiger charge is 2.23. The number of aryl methyl sites for hydroxylation is 2. The van der Waals surface area contributed by atoms with Crippen LogP contribution in [-0.2, 0) is 6.54 Å². The van der Waals surface area contributed by atoms with Crippen molar-refractivity contribution < 1.29 is 4.52 Å². The zero-order chi connectivity index (χ0) is 17.1. The lowest BCUT2D eigenvalue weighted by Gasteiger charge is -2.34. The van der Waals surface area contributed by atoms with Crippen molar-refractivity contribution in [3.63, 3.8) is 0 Å². The molecule has 2 heterocycles. The van der Waals surface area contributed by atoms with Crippen molar-refractivity contribution in [2.75, 3.05) is 13.1 Å². The zero-order valence-electron chi connectivity index (χ0n) is 14.7. The van der Waals surface area contributed by atoms with Gasteiger partial charge in [-0.15, -0.1) is 0 Å². The van der Waals surface area contributed by atoms with Gasteiger partial charge in [-0.1, -0.05) is 28.9 Å². The van der Waals surface area contributed by atoms with E-state index in [0.29, 0.717) is 6.04 Å². The summed E-state index contributed by atoms with van der Waals surface area (Å²) in [4.78, 5) is 2.52. The number of halogens is 1. The molecule has 1 fully saturated rings. The van der Waals surface area contributed by atoms with Gasteiger partial charge in [0.25, 0.3) is 0 Å². The quantitative estimate of drug-likeness (QED) is 0.877. The molecule has 3 rings (SSSR count). The average molecular weight is 348 g/mol. The van der Waals surface area contributed by atoms with Gasteiger partial charge in [0.05, 0.1) is 5.69 Å². The Bertz CT molecular complexity index is 640. The van der Waals surface area contributed by atoms with Crippen LogP contribution in [0, 0.1) is 13.8 Å². The van der Waals surface area contributed by atoms with Gasteiger partial charge >= 0.3 is 0 Å². The molecule has 1 aliphatic rings. The van der Waals surface area contributed by atoms with Crippen LogP contribution in [0.3, 0.4) is 0 Å².